The molecule has 14 heavy (non-hydrogen) atoms. The molecule has 0 aliphatic heterocycles. The summed E-state index contributed by atoms with van der Waals surface area (Å²) in [7, 11) is 0. The molecule has 1 aromatic carbocycles. The van der Waals surface area contributed by atoms with E-state index in [1.54, 1.807) is 13.0 Å². The van der Waals surface area contributed by atoms with Crippen molar-refractivity contribution >= 4 is 22.7 Å². The van der Waals surface area contributed by atoms with Gasteiger partial charge in [-0.1, -0.05) is 22.8 Å². The first-order chi connectivity index (χ1) is 6.56. The molecule has 1 rings (SSSR count). The van der Waals surface area contributed by atoms with Gasteiger partial charge in [-0.2, -0.15) is 0 Å². The Kier molecular flexibility index (Phi) is 3.09. The highest BCUT2D eigenvalue weighted by Gasteiger charge is 2.08. The average molecular weight is 214 g/mol. The molecule has 0 saturated carbocycles. The lowest BCUT2D eigenvalue weighted by Gasteiger charge is -2.02. The van der Waals surface area contributed by atoms with E-state index < -0.39 is 5.97 Å². The highest BCUT2D eigenvalue weighted by Crippen LogP contribution is 2.13. The number of hydrogen-bond donors (Lipinski definition) is 2. The average Bonchev–Trinajstić information content (AvgIpc) is 2.15. The molecule has 0 radical (unpaired) electrons. The summed E-state index contributed by atoms with van der Waals surface area (Å²) in [6.45, 7) is 1.65. The van der Waals surface area contributed by atoms with Gasteiger partial charge in [0.2, 0.25) is 0 Å². The maximum absolute atomic E-state index is 10.7. The van der Waals surface area contributed by atoms with Crippen LogP contribution in [0, 0.1) is 6.92 Å². The van der Waals surface area contributed by atoms with Crippen molar-refractivity contribution in [3.05, 3.63) is 34.9 Å². The van der Waals surface area contributed by atoms with E-state index >= 15 is 0 Å². The normalized spacial score (nSPS) is 11.4. The molecule has 0 bridgehead atoms. The molecule has 0 unspecified atom stereocenters. The maximum atomic E-state index is 10.7. The van der Waals surface area contributed by atoms with Crippen molar-refractivity contribution in [3.8, 4) is 0 Å². The summed E-state index contributed by atoms with van der Waals surface area (Å²) < 4.78 is 0. The van der Waals surface area contributed by atoms with Gasteiger partial charge in [-0.25, -0.2) is 4.79 Å². The molecule has 0 aliphatic rings. The van der Waals surface area contributed by atoms with Crippen LogP contribution in [0.25, 0.3) is 0 Å². The molecular weight excluding hydrogens is 206 g/mol. The summed E-state index contributed by atoms with van der Waals surface area (Å²) in [6.07, 6.45) is 0. The van der Waals surface area contributed by atoms with Crippen LogP contribution in [0.15, 0.2) is 23.4 Å². The molecule has 2 N–H and O–H groups in total. The SMILES string of the molecule is Cc1cc(C(Cl)=NO)ccc1C(=O)O. The van der Waals surface area contributed by atoms with Gasteiger partial charge < -0.3 is 10.3 Å². The van der Waals surface area contributed by atoms with Gasteiger partial charge in [0.1, 0.15) is 0 Å². The number of rotatable bonds is 2. The number of aryl methyl sites for hydroxylation is 1. The fourth-order valence-corrected chi connectivity index (χ4v) is 1.21. The number of aromatic carboxylic acids is 1. The van der Waals surface area contributed by atoms with Gasteiger partial charge in [0.25, 0.3) is 0 Å². The first-order valence-corrected chi connectivity index (χ1v) is 4.16. The molecule has 0 heterocycles. The zero-order valence-electron chi connectivity index (χ0n) is 7.36. The Morgan fingerprint density at radius 2 is 2.14 bits per heavy atom. The summed E-state index contributed by atoms with van der Waals surface area (Å²) in [5.74, 6) is -0.994. The standard InChI is InChI=1S/C9H8ClNO3/c1-5-4-6(8(10)11-14)2-3-7(5)9(12)13/h2-4,14H,1H3,(H,12,13). The Bertz CT molecular complexity index is 401. The molecule has 1 aromatic rings. The molecule has 74 valence electrons. The monoisotopic (exact) mass is 213 g/mol. The quantitative estimate of drug-likeness (QED) is 0.449. The van der Waals surface area contributed by atoms with E-state index in [1.807, 2.05) is 0 Å². The van der Waals surface area contributed by atoms with Crippen LogP contribution in [-0.4, -0.2) is 21.5 Å². The Hall–Kier alpha value is -1.55. The lowest BCUT2D eigenvalue weighted by atomic mass is 10.1. The molecule has 5 heteroatoms. The fourth-order valence-electron chi connectivity index (χ4n) is 1.09. The van der Waals surface area contributed by atoms with Crippen molar-refractivity contribution in [3.63, 3.8) is 0 Å². The Labute approximate surface area is 85.4 Å². The summed E-state index contributed by atoms with van der Waals surface area (Å²) in [6, 6.07) is 4.45. The van der Waals surface area contributed by atoms with Gasteiger partial charge in [0.05, 0.1) is 5.56 Å². The van der Waals surface area contributed by atoms with E-state index in [1.165, 1.54) is 12.1 Å². The van der Waals surface area contributed by atoms with Crippen LogP contribution in [0.5, 0.6) is 0 Å². The lowest BCUT2D eigenvalue weighted by Crippen LogP contribution is -2.01. The fraction of sp³-hybridized carbons (Fsp3) is 0.111. The summed E-state index contributed by atoms with van der Waals surface area (Å²) in [5, 5.41) is 19.9. The number of oxime groups is 1. The molecule has 4 nitrogen and oxygen atoms in total. The largest absolute Gasteiger partial charge is 0.478 e. The van der Waals surface area contributed by atoms with Crippen molar-refractivity contribution in [2.75, 3.05) is 0 Å². The number of carboxylic acid groups (broad SMARTS) is 1. The van der Waals surface area contributed by atoms with Gasteiger partial charge >= 0.3 is 5.97 Å². The summed E-state index contributed by atoms with van der Waals surface area (Å²) in [5.41, 5.74) is 1.25. The predicted molar refractivity (Wildman–Crippen MR) is 52.3 cm³/mol. The Morgan fingerprint density at radius 3 is 2.57 bits per heavy atom. The van der Waals surface area contributed by atoms with Gasteiger partial charge in [0, 0.05) is 5.56 Å². The molecule has 0 spiro atoms. The molecule has 0 amide bonds. The number of halogens is 1. The molecule has 0 aliphatic carbocycles. The zero-order chi connectivity index (χ0) is 10.7. The molecule has 0 aromatic heterocycles. The van der Waals surface area contributed by atoms with Crippen molar-refractivity contribution in [1.82, 2.24) is 0 Å². The van der Waals surface area contributed by atoms with Crippen molar-refractivity contribution in [1.29, 1.82) is 0 Å². The van der Waals surface area contributed by atoms with Crippen LogP contribution in [0.2, 0.25) is 0 Å². The third-order valence-corrected chi connectivity index (χ3v) is 2.08. The van der Waals surface area contributed by atoms with Gasteiger partial charge in [-0.15, -0.1) is 0 Å². The third kappa shape index (κ3) is 2.03. The summed E-state index contributed by atoms with van der Waals surface area (Å²) >= 11 is 5.55. The number of hydrogen-bond acceptors (Lipinski definition) is 3. The number of carboxylic acids is 1. The van der Waals surface area contributed by atoms with Crippen LogP contribution in [0.4, 0.5) is 0 Å². The molecular formula is C9H8ClNO3. The van der Waals surface area contributed by atoms with Crippen LogP contribution >= 0.6 is 11.6 Å². The van der Waals surface area contributed by atoms with Crippen molar-refractivity contribution in [2.24, 2.45) is 5.16 Å². The van der Waals surface area contributed by atoms with Crippen molar-refractivity contribution < 1.29 is 15.1 Å². The second kappa shape index (κ2) is 4.11. The van der Waals surface area contributed by atoms with Gasteiger partial charge in [-0.3, -0.25) is 0 Å². The highest BCUT2D eigenvalue weighted by atomic mass is 35.5. The first-order valence-electron chi connectivity index (χ1n) is 3.78. The first kappa shape index (κ1) is 10.5. The van der Waals surface area contributed by atoms with E-state index in [4.69, 9.17) is 21.9 Å². The van der Waals surface area contributed by atoms with Crippen LogP contribution in [0.1, 0.15) is 21.5 Å². The van der Waals surface area contributed by atoms with Gasteiger partial charge in [-0.05, 0) is 24.6 Å². The lowest BCUT2D eigenvalue weighted by molar-refractivity contribution is 0.0696. The third-order valence-electron chi connectivity index (χ3n) is 1.78. The number of benzene rings is 1. The topological polar surface area (TPSA) is 69.9 Å². The van der Waals surface area contributed by atoms with E-state index in [0.717, 1.165) is 0 Å². The molecule has 0 fully saturated rings. The Balaban J connectivity index is 3.19. The highest BCUT2D eigenvalue weighted by molar-refractivity contribution is 6.69. The minimum atomic E-state index is -0.994. The van der Waals surface area contributed by atoms with E-state index in [2.05, 4.69) is 5.16 Å². The maximum Gasteiger partial charge on any atom is 0.335 e. The van der Waals surface area contributed by atoms with E-state index in [-0.39, 0.29) is 10.7 Å². The zero-order valence-corrected chi connectivity index (χ0v) is 8.12. The van der Waals surface area contributed by atoms with E-state index in [9.17, 15) is 4.79 Å². The van der Waals surface area contributed by atoms with E-state index in [0.29, 0.717) is 11.1 Å². The van der Waals surface area contributed by atoms with Crippen LogP contribution < -0.4 is 0 Å². The minimum Gasteiger partial charge on any atom is -0.478 e. The second-order valence-electron chi connectivity index (χ2n) is 2.73. The predicted octanol–water partition coefficient (Wildman–Crippen LogP) is 2.07. The van der Waals surface area contributed by atoms with Gasteiger partial charge in [0.15, 0.2) is 5.17 Å². The van der Waals surface area contributed by atoms with Crippen LogP contribution in [0.3, 0.4) is 0 Å². The second-order valence-corrected chi connectivity index (χ2v) is 3.08. The number of nitrogens with zero attached hydrogens (tertiary/aromatic N) is 1. The van der Waals surface area contributed by atoms with Crippen LogP contribution in [-0.2, 0) is 0 Å². The van der Waals surface area contributed by atoms with Crippen molar-refractivity contribution in [2.45, 2.75) is 6.92 Å². The minimum absolute atomic E-state index is 0.0648. The molecule has 0 saturated heterocycles. The number of carbonyl (C=O) groups is 1. The smallest absolute Gasteiger partial charge is 0.335 e. The molecule has 0 atom stereocenters. The summed E-state index contributed by atoms with van der Waals surface area (Å²) in [4.78, 5) is 10.7. The Morgan fingerprint density at radius 1 is 1.50 bits per heavy atom.